The highest BCUT2D eigenvalue weighted by atomic mass is 35.5. The highest BCUT2D eigenvalue weighted by molar-refractivity contribution is 6.30. The summed E-state index contributed by atoms with van der Waals surface area (Å²) >= 11 is 5.84. The molecular formula is C17H19ClN2O2. The van der Waals surface area contributed by atoms with Gasteiger partial charge in [0.1, 0.15) is 5.75 Å². The summed E-state index contributed by atoms with van der Waals surface area (Å²) in [6.45, 7) is 0.979. The number of rotatable bonds is 7. The van der Waals surface area contributed by atoms with Crippen LogP contribution in [0.2, 0.25) is 5.02 Å². The second kappa shape index (κ2) is 8.41. The average molecular weight is 319 g/mol. The number of ether oxygens (including phenoxy) is 1. The van der Waals surface area contributed by atoms with Crippen molar-refractivity contribution in [1.82, 2.24) is 5.32 Å². The molecule has 0 radical (unpaired) electrons. The monoisotopic (exact) mass is 318 g/mol. The minimum atomic E-state index is -0.0967. The first-order valence-electron chi connectivity index (χ1n) is 7.07. The molecule has 116 valence electrons. The molecule has 0 bridgehead atoms. The molecule has 0 unspecified atom stereocenters. The molecule has 2 aromatic rings. The molecule has 0 fully saturated rings. The van der Waals surface area contributed by atoms with E-state index in [0.717, 1.165) is 18.0 Å². The van der Waals surface area contributed by atoms with E-state index >= 15 is 0 Å². The first-order chi connectivity index (χ1) is 10.7. The summed E-state index contributed by atoms with van der Waals surface area (Å²) < 4.78 is 5.19. The van der Waals surface area contributed by atoms with Crippen molar-refractivity contribution >= 4 is 23.2 Å². The lowest BCUT2D eigenvalue weighted by molar-refractivity contribution is -0.115. The minimum Gasteiger partial charge on any atom is -0.495 e. The molecule has 4 nitrogen and oxygen atoms in total. The molecule has 0 aliphatic heterocycles. The van der Waals surface area contributed by atoms with Crippen molar-refractivity contribution in [3.05, 3.63) is 59.1 Å². The van der Waals surface area contributed by atoms with Crippen molar-refractivity contribution < 1.29 is 9.53 Å². The third kappa shape index (κ3) is 5.06. The average Bonchev–Trinajstić information content (AvgIpc) is 2.54. The van der Waals surface area contributed by atoms with Crippen LogP contribution in [-0.2, 0) is 11.2 Å². The predicted octanol–water partition coefficient (Wildman–Crippen LogP) is 3.12. The Hall–Kier alpha value is -2.04. The molecule has 0 saturated carbocycles. The van der Waals surface area contributed by atoms with Gasteiger partial charge in [0.25, 0.3) is 0 Å². The van der Waals surface area contributed by atoms with E-state index in [1.54, 1.807) is 7.11 Å². The Balaban J connectivity index is 1.72. The summed E-state index contributed by atoms with van der Waals surface area (Å²) in [5.74, 6) is 0.553. The van der Waals surface area contributed by atoms with Crippen LogP contribution in [0, 0.1) is 0 Å². The third-order valence-corrected chi connectivity index (χ3v) is 3.42. The van der Waals surface area contributed by atoms with Gasteiger partial charge < -0.3 is 15.4 Å². The van der Waals surface area contributed by atoms with Crippen LogP contribution in [0.15, 0.2) is 48.5 Å². The number of benzene rings is 2. The topological polar surface area (TPSA) is 50.4 Å². The number of carbonyl (C=O) groups is 1. The van der Waals surface area contributed by atoms with Crippen LogP contribution in [0.5, 0.6) is 5.75 Å². The van der Waals surface area contributed by atoms with Gasteiger partial charge in [-0.2, -0.15) is 0 Å². The second-order valence-electron chi connectivity index (χ2n) is 4.80. The number of halogens is 1. The highest BCUT2D eigenvalue weighted by Gasteiger charge is 2.06. The second-order valence-corrected chi connectivity index (χ2v) is 5.24. The number of anilines is 1. The van der Waals surface area contributed by atoms with Crippen molar-refractivity contribution in [2.24, 2.45) is 0 Å². The van der Waals surface area contributed by atoms with Gasteiger partial charge in [0.15, 0.2) is 0 Å². The Morgan fingerprint density at radius 1 is 1.14 bits per heavy atom. The van der Waals surface area contributed by atoms with E-state index in [4.69, 9.17) is 16.3 Å². The van der Waals surface area contributed by atoms with Crippen molar-refractivity contribution in [3.63, 3.8) is 0 Å². The van der Waals surface area contributed by atoms with E-state index in [0.29, 0.717) is 11.4 Å². The number of amides is 1. The lowest BCUT2D eigenvalue weighted by Crippen LogP contribution is -2.29. The number of hydrogen-bond donors (Lipinski definition) is 2. The zero-order valence-electron chi connectivity index (χ0n) is 12.4. The van der Waals surface area contributed by atoms with Crippen LogP contribution in [0.25, 0.3) is 0 Å². The number of hydrogen-bond acceptors (Lipinski definition) is 3. The van der Waals surface area contributed by atoms with E-state index in [2.05, 4.69) is 10.6 Å². The van der Waals surface area contributed by atoms with Crippen molar-refractivity contribution in [2.45, 2.75) is 6.42 Å². The SMILES string of the molecule is COc1ccccc1NC(=O)CNCCc1ccc(Cl)cc1. The molecule has 0 spiro atoms. The summed E-state index contributed by atoms with van der Waals surface area (Å²) in [5.41, 5.74) is 1.86. The Morgan fingerprint density at radius 2 is 1.86 bits per heavy atom. The van der Waals surface area contributed by atoms with E-state index < -0.39 is 0 Å². The molecule has 0 heterocycles. The van der Waals surface area contributed by atoms with Crippen LogP contribution < -0.4 is 15.4 Å². The van der Waals surface area contributed by atoms with Crippen molar-refractivity contribution in [2.75, 3.05) is 25.5 Å². The van der Waals surface area contributed by atoms with Gasteiger partial charge in [-0.3, -0.25) is 4.79 Å². The molecule has 0 aliphatic rings. The van der Waals surface area contributed by atoms with Gasteiger partial charge >= 0.3 is 0 Å². The molecule has 5 heteroatoms. The fraction of sp³-hybridized carbons (Fsp3) is 0.235. The van der Waals surface area contributed by atoms with Crippen LogP contribution >= 0.6 is 11.6 Å². The predicted molar refractivity (Wildman–Crippen MR) is 89.6 cm³/mol. The van der Waals surface area contributed by atoms with Crippen molar-refractivity contribution in [1.29, 1.82) is 0 Å². The smallest absolute Gasteiger partial charge is 0.238 e. The maximum atomic E-state index is 11.9. The largest absolute Gasteiger partial charge is 0.495 e. The van der Waals surface area contributed by atoms with Gasteiger partial charge in [0.2, 0.25) is 5.91 Å². The fourth-order valence-electron chi connectivity index (χ4n) is 2.03. The molecule has 2 aromatic carbocycles. The van der Waals surface area contributed by atoms with E-state index in [-0.39, 0.29) is 12.5 Å². The summed E-state index contributed by atoms with van der Waals surface area (Å²) in [6.07, 6.45) is 0.846. The number of methoxy groups -OCH3 is 1. The zero-order chi connectivity index (χ0) is 15.8. The molecule has 2 rings (SSSR count). The quantitative estimate of drug-likeness (QED) is 0.771. The number of nitrogens with one attached hydrogen (secondary N) is 2. The Labute approximate surface area is 135 Å². The number of carbonyl (C=O) groups excluding carboxylic acids is 1. The first-order valence-corrected chi connectivity index (χ1v) is 7.45. The van der Waals surface area contributed by atoms with E-state index in [9.17, 15) is 4.79 Å². The van der Waals surface area contributed by atoms with E-state index in [1.807, 2.05) is 48.5 Å². The minimum absolute atomic E-state index is 0.0967. The van der Waals surface area contributed by atoms with Crippen LogP contribution in [0.4, 0.5) is 5.69 Å². The summed E-state index contributed by atoms with van der Waals surface area (Å²) in [4.78, 5) is 11.9. The molecule has 1 amide bonds. The Bertz CT molecular complexity index is 614. The zero-order valence-corrected chi connectivity index (χ0v) is 13.2. The molecule has 22 heavy (non-hydrogen) atoms. The molecule has 0 atom stereocenters. The van der Waals surface area contributed by atoms with Gasteiger partial charge in [-0.1, -0.05) is 35.9 Å². The van der Waals surface area contributed by atoms with Crippen LogP contribution in [-0.4, -0.2) is 26.1 Å². The summed E-state index contributed by atoms with van der Waals surface area (Å²) in [7, 11) is 1.58. The molecule has 0 aliphatic carbocycles. The van der Waals surface area contributed by atoms with Gasteiger partial charge in [-0.25, -0.2) is 0 Å². The molecule has 0 saturated heterocycles. The van der Waals surface area contributed by atoms with Crippen LogP contribution in [0.3, 0.4) is 0 Å². The molecule has 2 N–H and O–H groups in total. The lowest BCUT2D eigenvalue weighted by Gasteiger charge is -2.10. The standard InChI is InChI=1S/C17H19ClN2O2/c1-22-16-5-3-2-4-15(16)20-17(21)12-19-11-10-13-6-8-14(18)9-7-13/h2-9,19H,10-12H2,1H3,(H,20,21). The lowest BCUT2D eigenvalue weighted by atomic mass is 10.1. The maximum absolute atomic E-state index is 11.9. The fourth-order valence-corrected chi connectivity index (χ4v) is 2.15. The molecular weight excluding hydrogens is 300 g/mol. The summed E-state index contributed by atoms with van der Waals surface area (Å²) in [6, 6.07) is 15.0. The number of para-hydroxylation sites is 2. The van der Waals surface area contributed by atoms with E-state index in [1.165, 1.54) is 5.56 Å². The third-order valence-electron chi connectivity index (χ3n) is 3.17. The Morgan fingerprint density at radius 3 is 2.59 bits per heavy atom. The van der Waals surface area contributed by atoms with Gasteiger partial charge in [-0.15, -0.1) is 0 Å². The molecule has 0 aromatic heterocycles. The first kappa shape index (κ1) is 16.3. The van der Waals surface area contributed by atoms with Gasteiger partial charge in [-0.05, 0) is 42.8 Å². The Kier molecular flexibility index (Phi) is 6.25. The normalized spacial score (nSPS) is 10.3. The van der Waals surface area contributed by atoms with Crippen LogP contribution in [0.1, 0.15) is 5.56 Å². The highest BCUT2D eigenvalue weighted by Crippen LogP contribution is 2.22. The van der Waals surface area contributed by atoms with Crippen molar-refractivity contribution in [3.8, 4) is 5.75 Å². The van der Waals surface area contributed by atoms with Gasteiger partial charge in [0.05, 0.1) is 19.3 Å². The van der Waals surface area contributed by atoms with Gasteiger partial charge in [0, 0.05) is 5.02 Å². The maximum Gasteiger partial charge on any atom is 0.238 e. The summed E-state index contributed by atoms with van der Waals surface area (Å²) in [5, 5.41) is 6.67.